The van der Waals surface area contributed by atoms with Gasteiger partial charge in [0, 0.05) is 5.39 Å². The van der Waals surface area contributed by atoms with E-state index in [2.05, 4.69) is 9.97 Å². The van der Waals surface area contributed by atoms with Crippen LogP contribution in [0.15, 0.2) is 40.6 Å². The lowest BCUT2D eigenvalue weighted by molar-refractivity contribution is -0.0488. The molecule has 0 aromatic carbocycles. The van der Waals surface area contributed by atoms with E-state index in [1.807, 2.05) is 17.5 Å². The van der Waals surface area contributed by atoms with Crippen LogP contribution in [0, 0.1) is 0 Å². The monoisotopic (exact) mass is 373 g/mol. The van der Waals surface area contributed by atoms with Gasteiger partial charge in [0.25, 0.3) is 0 Å². The number of ether oxygens (including phenoxy) is 1. The molecule has 1 saturated heterocycles. The zero-order chi connectivity index (χ0) is 17.8. The Hall–Kier alpha value is -2.30. The van der Waals surface area contributed by atoms with Crippen LogP contribution in [0.4, 0.5) is 0 Å². The summed E-state index contributed by atoms with van der Waals surface area (Å²) in [5, 5.41) is 33.6. The number of aliphatic hydroxyl groups is 3. The molecule has 1 aliphatic heterocycles. The minimum Gasteiger partial charge on any atom is -0.463 e. The normalized spacial score (nSPS) is 26.3. The molecule has 26 heavy (non-hydrogen) atoms. The van der Waals surface area contributed by atoms with Gasteiger partial charge in [0.05, 0.1) is 18.3 Å². The molecule has 1 aliphatic rings. The quantitative estimate of drug-likeness (QED) is 0.499. The van der Waals surface area contributed by atoms with Crippen LogP contribution < -0.4 is 0 Å². The Morgan fingerprint density at radius 2 is 2.08 bits per heavy atom. The Morgan fingerprint density at radius 1 is 1.19 bits per heavy atom. The maximum atomic E-state index is 10.5. The van der Waals surface area contributed by atoms with Crippen LogP contribution in [0.25, 0.3) is 32.7 Å². The number of aromatic nitrogens is 3. The first-order chi connectivity index (χ1) is 12.7. The molecule has 5 rings (SSSR count). The van der Waals surface area contributed by atoms with Crippen LogP contribution in [0.1, 0.15) is 6.23 Å². The summed E-state index contributed by atoms with van der Waals surface area (Å²) in [6.07, 6.45) is -1.06. The zero-order valence-corrected chi connectivity index (χ0v) is 14.2. The topological polar surface area (TPSA) is 114 Å². The second-order valence-corrected chi connectivity index (χ2v) is 7.03. The lowest BCUT2D eigenvalue weighted by atomic mass is 10.1. The first-order valence-electron chi connectivity index (χ1n) is 8.09. The van der Waals surface area contributed by atoms with Crippen LogP contribution in [0.2, 0.25) is 0 Å². The molecule has 134 valence electrons. The minimum atomic E-state index is -1.19. The Kier molecular flexibility index (Phi) is 3.59. The second-order valence-electron chi connectivity index (χ2n) is 6.14. The number of hydrogen-bond acceptors (Lipinski definition) is 8. The van der Waals surface area contributed by atoms with E-state index in [0.29, 0.717) is 17.1 Å². The lowest BCUT2D eigenvalue weighted by Crippen LogP contribution is -2.33. The molecule has 0 aliphatic carbocycles. The molecule has 0 bridgehead atoms. The number of hydrogen-bond donors (Lipinski definition) is 3. The summed E-state index contributed by atoms with van der Waals surface area (Å²) in [6, 6.07) is 5.57. The Bertz CT molecular complexity index is 1070. The fraction of sp³-hybridized carbons (Fsp3) is 0.294. The molecule has 0 saturated carbocycles. The smallest absolute Gasteiger partial charge is 0.165 e. The van der Waals surface area contributed by atoms with Gasteiger partial charge in [-0.25, -0.2) is 9.97 Å². The van der Waals surface area contributed by atoms with Crippen LogP contribution in [0.3, 0.4) is 0 Å². The molecule has 8 nitrogen and oxygen atoms in total. The number of fused-ring (bicyclic) bond motifs is 3. The highest BCUT2D eigenvalue weighted by atomic mass is 32.1. The van der Waals surface area contributed by atoms with Crippen LogP contribution in [0.5, 0.6) is 0 Å². The van der Waals surface area contributed by atoms with Crippen molar-refractivity contribution >= 4 is 32.6 Å². The molecular weight excluding hydrogens is 358 g/mol. The maximum absolute atomic E-state index is 10.5. The van der Waals surface area contributed by atoms with Gasteiger partial charge in [-0.1, -0.05) is 0 Å². The SMILES string of the molecule is OC[C@H]1O[C@@H](n2c3ncnc(-c4ccco4)c3c3ccsc32)[C@H](O)[C@@H]1O. The summed E-state index contributed by atoms with van der Waals surface area (Å²) in [5.74, 6) is 0.615. The van der Waals surface area contributed by atoms with Crippen molar-refractivity contribution in [3.63, 3.8) is 0 Å². The molecule has 4 aromatic heterocycles. The fourth-order valence-electron chi connectivity index (χ4n) is 3.51. The van der Waals surface area contributed by atoms with E-state index in [1.54, 1.807) is 16.9 Å². The third-order valence-corrected chi connectivity index (χ3v) is 5.63. The van der Waals surface area contributed by atoms with Crippen molar-refractivity contribution in [2.75, 3.05) is 6.61 Å². The second kappa shape index (κ2) is 5.86. The third-order valence-electron chi connectivity index (χ3n) is 4.71. The number of aliphatic hydroxyl groups excluding tert-OH is 3. The van der Waals surface area contributed by atoms with E-state index in [4.69, 9.17) is 9.15 Å². The predicted molar refractivity (Wildman–Crippen MR) is 93.6 cm³/mol. The van der Waals surface area contributed by atoms with E-state index in [-0.39, 0.29) is 6.61 Å². The molecule has 9 heteroatoms. The molecule has 4 atom stereocenters. The van der Waals surface area contributed by atoms with Gasteiger partial charge in [0.2, 0.25) is 0 Å². The molecule has 1 fully saturated rings. The minimum absolute atomic E-state index is 0.381. The average molecular weight is 373 g/mol. The van der Waals surface area contributed by atoms with Crippen LogP contribution in [-0.2, 0) is 4.74 Å². The van der Waals surface area contributed by atoms with Crippen molar-refractivity contribution in [1.29, 1.82) is 0 Å². The van der Waals surface area contributed by atoms with Gasteiger partial charge in [-0.05, 0) is 23.6 Å². The van der Waals surface area contributed by atoms with Gasteiger partial charge in [-0.15, -0.1) is 11.3 Å². The Morgan fingerprint density at radius 3 is 2.81 bits per heavy atom. The number of furan rings is 1. The Balaban J connectivity index is 1.78. The first kappa shape index (κ1) is 15.9. The van der Waals surface area contributed by atoms with Gasteiger partial charge in [-0.3, -0.25) is 4.57 Å². The standard InChI is InChI=1S/C17H15N3O5S/c21-6-10-13(22)14(23)16(25-10)20-15-11(8-3-5-26-17(8)20)12(18-7-19-15)9-2-1-4-24-9/h1-5,7,10,13-14,16,21-23H,6H2/t10-,13-,14-,16-/m1/s1. The molecule has 0 unspecified atom stereocenters. The van der Waals surface area contributed by atoms with Gasteiger partial charge in [0.1, 0.15) is 40.8 Å². The van der Waals surface area contributed by atoms with Crippen LogP contribution in [-0.4, -0.2) is 54.8 Å². The van der Waals surface area contributed by atoms with Crippen molar-refractivity contribution in [1.82, 2.24) is 14.5 Å². The van der Waals surface area contributed by atoms with Crippen LogP contribution >= 0.6 is 11.3 Å². The summed E-state index contributed by atoms with van der Waals surface area (Å²) in [5.41, 5.74) is 1.22. The summed E-state index contributed by atoms with van der Waals surface area (Å²) >= 11 is 1.47. The van der Waals surface area contributed by atoms with E-state index >= 15 is 0 Å². The average Bonchev–Trinajstić information content (AvgIpc) is 3.41. The molecular formula is C17H15N3O5S. The number of nitrogens with zero attached hydrogens (tertiary/aromatic N) is 3. The fourth-order valence-corrected chi connectivity index (χ4v) is 4.44. The van der Waals surface area contributed by atoms with Gasteiger partial charge >= 0.3 is 0 Å². The van der Waals surface area contributed by atoms with E-state index in [0.717, 1.165) is 15.6 Å². The maximum Gasteiger partial charge on any atom is 0.165 e. The highest BCUT2D eigenvalue weighted by molar-refractivity contribution is 7.17. The molecule has 4 aromatic rings. The van der Waals surface area contributed by atoms with Gasteiger partial charge in [-0.2, -0.15) is 0 Å². The highest BCUT2D eigenvalue weighted by Gasteiger charge is 2.44. The van der Waals surface area contributed by atoms with E-state index in [9.17, 15) is 15.3 Å². The van der Waals surface area contributed by atoms with Gasteiger partial charge in [0.15, 0.2) is 12.0 Å². The summed E-state index contributed by atoms with van der Waals surface area (Å²) in [6.45, 7) is -0.381. The first-order valence-corrected chi connectivity index (χ1v) is 8.97. The third kappa shape index (κ3) is 2.09. The molecule has 5 heterocycles. The van der Waals surface area contributed by atoms with Crippen molar-refractivity contribution in [2.45, 2.75) is 24.5 Å². The highest BCUT2D eigenvalue weighted by Crippen LogP contribution is 2.41. The summed E-state index contributed by atoms with van der Waals surface area (Å²) < 4.78 is 13.0. The van der Waals surface area contributed by atoms with E-state index in [1.165, 1.54) is 17.7 Å². The van der Waals surface area contributed by atoms with Crippen molar-refractivity contribution < 1.29 is 24.5 Å². The number of thiophene rings is 1. The molecule has 0 radical (unpaired) electrons. The van der Waals surface area contributed by atoms with Crippen molar-refractivity contribution in [3.8, 4) is 11.5 Å². The van der Waals surface area contributed by atoms with E-state index < -0.39 is 24.5 Å². The summed E-state index contributed by atoms with van der Waals surface area (Å²) in [7, 11) is 0. The van der Waals surface area contributed by atoms with Crippen molar-refractivity contribution in [2.24, 2.45) is 0 Å². The summed E-state index contributed by atoms with van der Waals surface area (Å²) in [4.78, 5) is 9.61. The zero-order valence-electron chi connectivity index (χ0n) is 13.4. The Labute approximate surface area is 150 Å². The van der Waals surface area contributed by atoms with Gasteiger partial charge < -0.3 is 24.5 Å². The predicted octanol–water partition coefficient (Wildman–Crippen LogP) is 1.52. The molecule has 0 amide bonds. The molecule has 3 N–H and O–H groups in total. The molecule has 0 spiro atoms. The largest absolute Gasteiger partial charge is 0.463 e. The number of rotatable bonds is 3. The lowest BCUT2D eigenvalue weighted by Gasteiger charge is -2.18. The van der Waals surface area contributed by atoms with Crippen molar-refractivity contribution in [3.05, 3.63) is 36.2 Å².